The molecule has 0 amide bonds. The molecule has 3 aromatic rings. The van der Waals surface area contributed by atoms with E-state index in [-0.39, 0.29) is 12.0 Å². The van der Waals surface area contributed by atoms with Crippen LogP contribution in [0.1, 0.15) is 36.9 Å². The Labute approximate surface area is 192 Å². The van der Waals surface area contributed by atoms with E-state index < -0.39 is 5.97 Å². The monoisotopic (exact) mass is 451 g/mol. The number of nitrogens with zero attached hydrogens (tertiary/aromatic N) is 3. The molecule has 0 bridgehead atoms. The van der Waals surface area contributed by atoms with Gasteiger partial charge in [-0.25, -0.2) is 15.0 Å². The van der Waals surface area contributed by atoms with Crippen LogP contribution in [0.3, 0.4) is 0 Å². The molecule has 0 saturated heterocycles. The third-order valence-electron chi connectivity index (χ3n) is 5.78. The smallest absolute Gasteiger partial charge is 0.306 e. The van der Waals surface area contributed by atoms with Crippen molar-refractivity contribution in [2.24, 2.45) is 5.92 Å². The van der Waals surface area contributed by atoms with Crippen LogP contribution in [0.25, 0.3) is 11.1 Å². The van der Waals surface area contributed by atoms with E-state index in [2.05, 4.69) is 31.7 Å². The summed E-state index contributed by atoms with van der Waals surface area (Å²) in [4.78, 5) is 24.3. The van der Waals surface area contributed by atoms with Crippen molar-refractivity contribution in [1.82, 2.24) is 15.0 Å². The largest absolute Gasteiger partial charge is 0.481 e. The highest BCUT2D eigenvalue weighted by molar-refractivity contribution is 6.31. The number of aryl methyl sites for hydroxylation is 2. The number of aliphatic carboxylic acids is 1. The molecule has 1 aromatic carbocycles. The van der Waals surface area contributed by atoms with E-state index in [0.29, 0.717) is 23.8 Å². The van der Waals surface area contributed by atoms with Crippen molar-refractivity contribution in [2.45, 2.75) is 45.6 Å². The van der Waals surface area contributed by atoms with Crippen LogP contribution in [0, 0.1) is 19.8 Å². The first-order chi connectivity index (χ1) is 15.4. The average Bonchev–Trinajstić information content (AvgIpc) is 2.77. The molecule has 166 valence electrons. The summed E-state index contributed by atoms with van der Waals surface area (Å²) in [5.41, 5.74) is 4.76. The van der Waals surface area contributed by atoms with Crippen LogP contribution in [-0.4, -0.2) is 32.1 Å². The Morgan fingerprint density at radius 1 is 1.03 bits per heavy atom. The Morgan fingerprint density at radius 3 is 2.47 bits per heavy atom. The van der Waals surface area contributed by atoms with E-state index in [9.17, 15) is 4.79 Å². The summed E-state index contributed by atoms with van der Waals surface area (Å²) < 4.78 is 0. The van der Waals surface area contributed by atoms with Gasteiger partial charge in [0.1, 0.15) is 5.82 Å². The van der Waals surface area contributed by atoms with E-state index in [0.717, 1.165) is 46.7 Å². The molecule has 3 N–H and O–H groups in total. The second-order valence-corrected chi connectivity index (χ2v) is 8.71. The lowest BCUT2D eigenvalue weighted by Gasteiger charge is -2.27. The van der Waals surface area contributed by atoms with Crippen molar-refractivity contribution < 1.29 is 9.90 Å². The highest BCUT2D eigenvalue weighted by Crippen LogP contribution is 2.29. The number of aromatic nitrogens is 3. The maximum Gasteiger partial charge on any atom is 0.306 e. The summed E-state index contributed by atoms with van der Waals surface area (Å²) >= 11 is 6.02. The van der Waals surface area contributed by atoms with Crippen LogP contribution in [0.15, 0.2) is 42.7 Å². The van der Waals surface area contributed by atoms with Gasteiger partial charge in [0.2, 0.25) is 5.95 Å². The van der Waals surface area contributed by atoms with Crippen molar-refractivity contribution in [1.29, 1.82) is 0 Å². The minimum Gasteiger partial charge on any atom is -0.481 e. The second kappa shape index (κ2) is 9.53. The van der Waals surface area contributed by atoms with E-state index in [1.165, 1.54) is 0 Å². The zero-order valence-corrected chi connectivity index (χ0v) is 18.9. The number of benzene rings is 1. The minimum atomic E-state index is -0.685. The highest BCUT2D eigenvalue weighted by Gasteiger charge is 2.25. The molecule has 1 aliphatic carbocycles. The zero-order chi connectivity index (χ0) is 22.7. The normalized spacial score (nSPS) is 18.2. The average molecular weight is 452 g/mol. The molecule has 2 heterocycles. The first kappa shape index (κ1) is 22.0. The predicted molar refractivity (Wildman–Crippen MR) is 126 cm³/mol. The SMILES string of the molecule is Cc1cc(Nc2ncc(Cl)c(C)n2)cc(-c2ccc(N[C@H]3CC[C@H](C(=O)O)CC3)nc2)c1. The van der Waals surface area contributed by atoms with Crippen LogP contribution < -0.4 is 10.6 Å². The molecule has 4 rings (SSSR count). The summed E-state index contributed by atoms with van der Waals surface area (Å²) in [5.74, 6) is 0.410. The molecule has 32 heavy (non-hydrogen) atoms. The number of pyridine rings is 1. The number of carboxylic acid groups (broad SMARTS) is 1. The van der Waals surface area contributed by atoms with E-state index in [1.54, 1.807) is 6.20 Å². The maximum absolute atomic E-state index is 11.1. The van der Waals surface area contributed by atoms with Gasteiger partial charge in [-0.05, 0) is 74.9 Å². The van der Waals surface area contributed by atoms with E-state index in [1.807, 2.05) is 44.3 Å². The Morgan fingerprint density at radius 2 is 1.81 bits per heavy atom. The fourth-order valence-electron chi connectivity index (χ4n) is 4.01. The number of carboxylic acids is 1. The topological polar surface area (TPSA) is 100 Å². The van der Waals surface area contributed by atoms with Gasteiger partial charge in [-0.15, -0.1) is 0 Å². The molecule has 7 nitrogen and oxygen atoms in total. The molecule has 0 unspecified atom stereocenters. The number of carbonyl (C=O) groups is 1. The summed E-state index contributed by atoms with van der Waals surface area (Å²) in [6.07, 6.45) is 6.56. The molecule has 0 atom stereocenters. The van der Waals surface area contributed by atoms with Gasteiger partial charge in [-0.3, -0.25) is 4.79 Å². The second-order valence-electron chi connectivity index (χ2n) is 8.30. The molecule has 1 saturated carbocycles. The molecular formula is C24H26ClN5O2. The first-order valence-corrected chi connectivity index (χ1v) is 11.1. The quantitative estimate of drug-likeness (QED) is 0.448. The number of hydrogen-bond donors (Lipinski definition) is 3. The number of anilines is 3. The molecule has 2 aromatic heterocycles. The minimum absolute atomic E-state index is 0.213. The van der Waals surface area contributed by atoms with Gasteiger partial charge < -0.3 is 15.7 Å². The maximum atomic E-state index is 11.1. The van der Waals surface area contributed by atoms with Gasteiger partial charge >= 0.3 is 5.97 Å². The molecule has 1 fully saturated rings. The Kier molecular flexibility index (Phi) is 6.55. The first-order valence-electron chi connectivity index (χ1n) is 10.7. The number of rotatable bonds is 6. The molecule has 1 aliphatic rings. The van der Waals surface area contributed by atoms with Gasteiger partial charge in [0.25, 0.3) is 0 Å². The van der Waals surface area contributed by atoms with Crippen molar-refractivity contribution in [3.05, 3.63) is 59.0 Å². The number of nitrogens with one attached hydrogen (secondary N) is 2. The molecule has 0 radical (unpaired) electrons. The molecule has 0 spiro atoms. The summed E-state index contributed by atoms with van der Waals surface area (Å²) in [5, 5.41) is 16.4. The standard InChI is InChI=1S/C24H26ClN5O2/c1-14-9-18(11-20(10-14)30-24-27-13-21(25)15(2)28-24)17-5-8-22(26-12-17)29-19-6-3-16(4-7-19)23(31)32/h5,8-13,16,19H,3-4,6-7H2,1-2H3,(H,26,29)(H,31,32)(H,27,28,30)/t16-,19-. The van der Waals surface area contributed by atoms with Gasteiger partial charge in [-0.1, -0.05) is 17.7 Å². The Balaban J connectivity index is 1.44. The molecule has 0 aliphatic heterocycles. The number of hydrogen-bond acceptors (Lipinski definition) is 6. The third-order valence-corrected chi connectivity index (χ3v) is 6.15. The lowest BCUT2D eigenvalue weighted by molar-refractivity contribution is -0.142. The van der Waals surface area contributed by atoms with Gasteiger partial charge in [-0.2, -0.15) is 0 Å². The third kappa shape index (κ3) is 5.34. The van der Waals surface area contributed by atoms with Gasteiger partial charge in [0.15, 0.2) is 0 Å². The van der Waals surface area contributed by atoms with Crippen molar-refractivity contribution in [2.75, 3.05) is 10.6 Å². The lowest BCUT2D eigenvalue weighted by Crippen LogP contribution is -2.29. The van der Waals surface area contributed by atoms with Crippen LogP contribution in [0.5, 0.6) is 0 Å². The van der Waals surface area contributed by atoms with Gasteiger partial charge in [0.05, 0.1) is 22.8 Å². The number of halogens is 1. The fourth-order valence-corrected chi connectivity index (χ4v) is 4.10. The summed E-state index contributed by atoms with van der Waals surface area (Å²) in [6, 6.07) is 10.5. The van der Waals surface area contributed by atoms with Crippen molar-refractivity contribution in [3.8, 4) is 11.1 Å². The Bertz CT molecular complexity index is 1110. The predicted octanol–water partition coefficient (Wildman–Crippen LogP) is 5.61. The van der Waals surface area contributed by atoms with Crippen molar-refractivity contribution in [3.63, 3.8) is 0 Å². The molecule has 8 heteroatoms. The lowest BCUT2D eigenvalue weighted by atomic mass is 9.86. The van der Waals surface area contributed by atoms with Crippen LogP contribution in [0.2, 0.25) is 5.02 Å². The Hall–Kier alpha value is -3.19. The summed E-state index contributed by atoms with van der Waals surface area (Å²) in [6.45, 7) is 3.88. The fraction of sp³-hybridized carbons (Fsp3) is 0.333. The zero-order valence-electron chi connectivity index (χ0n) is 18.1. The molecular weight excluding hydrogens is 426 g/mol. The van der Waals surface area contributed by atoms with Crippen molar-refractivity contribution >= 4 is 35.0 Å². The van der Waals surface area contributed by atoms with Crippen LogP contribution in [-0.2, 0) is 4.79 Å². The van der Waals surface area contributed by atoms with E-state index >= 15 is 0 Å². The van der Waals surface area contributed by atoms with E-state index in [4.69, 9.17) is 16.7 Å². The van der Waals surface area contributed by atoms with Gasteiger partial charge in [0, 0.05) is 23.5 Å². The highest BCUT2D eigenvalue weighted by atomic mass is 35.5. The van der Waals surface area contributed by atoms with Crippen LogP contribution in [0.4, 0.5) is 17.5 Å². The van der Waals surface area contributed by atoms with Crippen LogP contribution >= 0.6 is 11.6 Å². The summed E-state index contributed by atoms with van der Waals surface area (Å²) in [7, 11) is 0.